The number of para-hydroxylation sites is 1. The molecule has 0 fully saturated rings. The van der Waals surface area contributed by atoms with Crippen LogP contribution in [-0.2, 0) is 13.0 Å². The third-order valence-corrected chi connectivity index (χ3v) is 3.90. The van der Waals surface area contributed by atoms with Gasteiger partial charge in [-0.15, -0.1) is 0 Å². The molecule has 5 nitrogen and oxygen atoms in total. The highest BCUT2D eigenvalue weighted by molar-refractivity contribution is 5.97. The molecule has 0 bridgehead atoms. The molecule has 0 aliphatic carbocycles. The van der Waals surface area contributed by atoms with Crippen molar-refractivity contribution < 1.29 is 4.74 Å². The lowest BCUT2D eigenvalue weighted by atomic mass is 10.2. The Labute approximate surface area is 137 Å². The first-order chi connectivity index (χ1) is 11.3. The molecule has 2 heterocycles. The number of pyridine rings is 1. The molecule has 1 aliphatic heterocycles. The number of anilines is 1. The highest BCUT2D eigenvalue weighted by atomic mass is 16.5. The molecule has 0 saturated heterocycles. The molecule has 0 radical (unpaired) electrons. The Bertz CT molecular complexity index is 699. The zero-order valence-corrected chi connectivity index (χ0v) is 13.6. The molecule has 5 heteroatoms. The van der Waals surface area contributed by atoms with Crippen LogP contribution in [0.3, 0.4) is 0 Å². The molecule has 0 unspecified atom stereocenters. The molecule has 0 amide bonds. The van der Waals surface area contributed by atoms with Crippen molar-refractivity contribution in [2.45, 2.75) is 19.9 Å². The lowest BCUT2D eigenvalue weighted by Crippen LogP contribution is -2.40. The highest BCUT2D eigenvalue weighted by Crippen LogP contribution is 2.27. The van der Waals surface area contributed by atoms with E-state index in [1.165, 1.54) is 11.3 Å². The first-order valence-electron chi connectivity index (χ1n) is 7.94. The number of methoxy groups -OCH3 is 1. The molecule has 1 aromatic carbocycles. The van der Waals surface area contributed by atoms with Gasteiger partial charge in [0.15, 0.2) is 5.96 Å². The van der Waals surface area contributed by atoms with Crippen LogP contribution in [0.4, 0.5) is 5.69 Å². The van der Waals surface area contributed by atoms with Crippen LogP contribution in [0.25, 0.3) is 0 Å². The van der Waals surface area contributed by atoms with E-state index in [0.717, 1.165) is 31.0 Å². The minimum atomic E-state index is 0.597. The Balaban J connectivity index is 1.81. The molecule has 0 spiro atoms. The monoisotopic (exact) mass is 310 g/mol. The van der Waals surface area contributed by atoms with Gasteiger partial charge < -0.3 is 15.0 Å². The number of rotatable bonds is 4. The minimum absolute atomic E-state index is 0.597. The van der Waals surface area contributed by atoms with E-state index in [4.69, 9.17) is 9.73 Å². The van der Waals surface area contributed by atoms with Crippen molar-refractivity contribution in [1.29, 1.82) is 0 Å². The van der Waals surface area contributed by atoms with E-state index in [9.17, 15) is 0 Å². The van der Waals surface area contributed by atoms with Gasteiger partial charge in [0.05, 0.1) is 13.7 Å². The molecule has 120 valence electrons. The van der Waals surface area contributed by atoms with Crippen molar-refractivity contribution in [2.24, 2.45) is 4.99 Å². The predicted octanol–water partition coefficient (Wildman–Crippen LogP) is 2.62. The Morgan fingerprint density at radius 3 is 3.04 bits per heavy atom. The van der Waals surface area contributed by atoms with Crippen molar-refractivity contribution in [3.05, 3.63) is 53.7 Å². The average Bonchev–Trinajstić information content (AvgIpc) is 3.03. The van der Waals surface area contributed by atoms with Crippen molar-refractivity contribution in [3.8, 4) is 5.88 Å². The van der Waals surface area contributed by atoms with Crippen LogP contribution in [0.2, 0.25) is 0 Å². The summed E-state index contributed by atoms with van der Waals surface area (Å²) in [5.74, 6) is 1.54. The Morgan fingerprint density at radius 2 is 2.22 bits per heavy atom. The molecular weight excluding hydrogens is 288 g/mol. The fraction of sp³-hybridized carbons (Fsp3) is 0.333. The van der Waals surface area contributed by atoms with Crippen LogP contribution in [-0.4, -0.2) is 31.1 Å². The second-order valence-corrected chi connectivity index (χ2v) is 5.41. The SMILES string of the molecule is CCNC(=NCc1ccnc(OC)c1)N1CCc2ccccc21. The minimum Gasteiger partial charge on any atom is -0.481 e. The van der Waals surface area contributed by atoms with Crippen molar-refractivity contribution in [1.82, 2.24) is 10.3 Å². The van der Waals surface area contributed by atoms with E-state index >= 15 is 0 Å². The van der Waals surface area contributed by atoms with Crippen molar-refractivity contribution >= 4 is 11.6 Å². The first-order valence-corrected chi connectivity index (χ1v) is 7.94. The second kappa shape index (κ2) is 7.13. The number of hydrogen-bond acceptors (Lipinski definition) is 3. The second-order valence-electron chi connectivity index (χ2n) is 5.41. The van der Waals surface area contributed by atoms with E-state index in [-0.39, 0.29) is 0 Å². The molecule has 0 saturated carbocycles. The fourth-order valence-corrected chi connectivity index (χ4v) is 2.78. The average molecular weight is 310 g/mol. The number of hydrogen-bond donors (Lipinski definition) is 1. The molecule has 1 aromatic heterocycles. The number of nitrogens with one attached hydrogen (secondary N) is 1. The van der Waals surface area contributed by atoms with Crippen LogP contribution < -0.4 is 15.0 Å². The van der Waals surface area contributed by atoms with Gasteiger partial charge in [0.1, 0.15) is 0 Å². The van der Waals surface area contributed by atoms with Crippen LogP contribution in [0.15, 0.2) is 47.6 Å². The quantitative estimate of drug-likeness (QED) is 0.697. The number of aromatic nitrogens is 1. The van der Waals surface area contributed by atoms with Crippen molar-refractivity contribution in [3.63, 3.8) is 0 Å². The summed E-state index contributed by atoms with van der Waals surface area (Å²) < 4.78 is 5.17. The normalized spacial score (nSPS) is 13.8. The van der Waals surface area contributed by atoms with Gasteiger partial charge >= 0.3 is 0 Å². The summed E-state index contributed by atoms with van der Waals surface area (Å²) in [5, 5.41) is 3.39. The van der Waals surface area contributed by atoms with Crippen LogP contribution in [0.5, 0.6) is 5.88 Å². The smallest absolute Gasteiger partial charge is 0.213 e. The molecule has 2 aromatic rings. The number of aliphatic imine (C=N–C) groups is 1. The summed E-state index contributed by atoms with van der Waals surface area (Å²) in [4.78, 5) is 11.2. The zero-order chi connectivity index (χ0) is 16.1. The summed E-state index contributed by atoms with van der Waals surface area (Å²) in [6, 6.07) is 12.4. The number of ether oxygens (including phenoxy) is 1. The lowest BCUT2D eigenvalue weighted by Gasteiger charge is -2.22. The van der Waals surface area contributed by atoms with Crippen LogP contribution in [0.1, 0.15) is 18.1 Å². The zero-order valence-electron chi connectivity index (χ0n) is 13.6. The number of fused-ring (bicyclic) bond motifs is 1. The summed E-state index contributed by atoms with van der Waals surface area (Å²) >= 11 is 0. The maximum atomic E-state index is 5.17. The van der Waals surface area contributed by atoms with E-state index in [1.54, 1.807) is 13.3 Å². The van der Waals surface area contributed by atoms with Crippen LogP contribution in [0, 0.1) is 0 Å². The van der Waals surface area contributed by atoms with Gasteiger partial charge in [0.2, 0.25) is 5.88 Å². The van der Waals surface area contributed by atoms with Gasteiger partial charge in [-0.3, -0.25) is 0 Å². The number of guanidine groups is 1. The third-order valence-electron chi connectivity index (χ3n) is 3.90. The number of benzene rings is 1. The van der Waals surface area contributed by atoms with Gasteiger partial charge in [-0.2, -0.15) is 0 Å². The molecule has 1 aliphatic rings. The maximum absolute atomic E-state index is 5.17. The standard InChI is InChI=1S/C18H22N4O/c1-3-19-18(21-13-14-8-10-20-17(12-14)23-2)22-11-9-15-6-4-5-7-16(15)22/h4-8,10,12H,3,9,11,13H2,1-2H3,(H,19,21). The summed E-state index contributed by atoms with van der Waals surface area (Å²) in [6.45, 7) is 4.49. The summed E-state index contributed by atoms with van der Waals surface area (Å²) in [5.41, 5.74) is 3.71. The first kappa shape index (κ1) is 15.3. The Hall–Kier alpha value is -2.56. The van der Waals surface area contributed by atoms with E-state index < -0.39 is 0 Å². The Kier molecular flexibility index (Phi) is 4.76. The fourth-order valence-electron chi connectivity index (χ4n) is 2.78. The van der Waals surface area contributed by atoms with Gasteiger partial charge in [0, 0.05) is 31.0 Å². The third kappa shape index (κ3) is 3.44. The van der Waals surface area contributed by atoms with Gasteiger partial charge in [0.25, 0.3) is 0 Å². The topological polar surface area (TPSA) is 49.8 Å². The van der Waals surface area contributed by atoms with Crippen molar-refractivity contribution in [2.75, 3.05) is 25.1 Å². The maximum Gasteiger partial charge on any atom is 0.213 e. The van der Waals surface area contributed by atoms with Gasteiger partial charge in [-0.05, 0) is 36.6 Å². The van der Waals surface area contributed by atoms with E-state index in [0.29, 0.717) is 12.4 Å². The van der Waals surface area contributed by atoms with Crippen LogP contribution >= 0.6 is 0 Å². The van der Waals surface area contributed by atoms with E-state index in [1.807, 2.05) is 12.1 Å². The molecular formula is C18H22N4O. The molecule has 0 atom stereocenters. The Morgan fingerprint density at radius 1 is 1.35 bits per heavy atom. The van der Waals surface area contributed by atoms with Gasteiger partial charge in [-0.1, -0.05) is 18.2 Å². The lowest BCUT2D eigenvalue weighted by molar-refractivity contribution is 0.397. The summed E-state index contributed by atoms with van der Waals surface area (Å²) in [6.07, 6.45) is 2.81. The molecule has 3 rings (SSSR count). The highest BCUT2D eigenvalue weighted by Gasteiger charge is 2.22. The number of nitrogens with zero attached hydrogens (tertiary/aromatic N) is 3. The van der Waals surface area contributed by atoms with E-state index in [2.05, 4.69) is 46.4 Å². The van der Waals surface area contributed by atoms with Gasteiger partial charge in [-0.25, -0.2) is 9.98 Å². The molecule has 23 heavy (non-hydrogen) atoms. The largest absolute Gasteiger partial charge is 0.481 e. The predicted molar refractivity (Wildman–Crippen MR) is 93.1 cm³/mol. The summed E-state index contributed by atoms with van der Waals surface area (Å²) in [7, 11) is 1.63. The molecule has 1 N–H and O–H groups in total.